The molecule has 0 spiro atoms. The molecular formula is C24H24FNO3. The van der Waals surface area contributed by atoms with Gasteiger partial charge in [-0.15, -0.1) is 0 Å². The van der Waals surface area contributed by atoms with Gasteiger partial charge in [-0.2, -0.15) is 0 Å². The Kier molecular flexibility index (Phi) is 6.50. The van der Waals surface area contributed by atoms with Gasteiger partial charge in [0.2, 0.25) is 0 Å². The van der Waals surface area contributed by atoms with E-state index in [0.717, 1.165) is 22.4 Å². The number of carbonyl (C=O) groups is 1. The van der Waals surface area contributed by atoms with Gasteiger partial charge < -0.3 is 14.8 Å². The number of benzene rings is 3. The van der Waals surface area contributed by atoms with Gasteiger partial charge in [-0.05, 0) is 67.4 Å². The highest BCUT2D eigenvalue weighted by atomic mass is 19.1. The van der Waals surface area contributed by atoms with Crippen LogP contribution in [0.4, 0.5) is 4.39 Å². The zero-order valence-corrected chi connectivity index (χ0v) is 16.7. The van der Waals surface area contributed by atoms with Crippen LogP contribution in [0.3, 0.4) is 0 Å². The summed E-state index contributed by atoms with van der Waals surface area (Å²) in [6.45, 7) is 4.14. The molecule has 1 amide bonds. The lowest BCUT2D eigenvalue weighted by atomic mass is 10.1. The van der Waals surface area contributed by atoms with Gasteiger partial charge in [-0.25, -0.2) is 4.39 Å². The molecule has 1 N–H and O–H groups in total. The van der Waals surface area contributed by atoms with Gasteiger partial charge in [0.1, 0.15) is 23.9 Å². The number of hydrogen-bond acceptors (Lipinski definition) is 3. The summed E-state index contributed by atoms with van der Waals surface area (Å²) in [5.74, 6) is 0.884. The molecule has 150 valence electrons. The van der Waals surface area contributed by atoms with Gasteiger partial charge in [0.15, 0.2) is 0 Å². The van der Waals surface area contributed by atoms with Crippen molar-refractivity contribution in [1.29, 1.82) is 0 Å². The summed E-state index contributed by atoms with van der Waals surface area (Å²) in [6.07, 6.45) is 0. The van der Waals surface area contributed by atoms with Gasteiger partial charge in [-0.1, -0.05) is 24.3 Å². The van der Waals surface area contributed by atoms with Crippen LogP contribution in [0.25, 0.3) is 0 Å². The van der Waals surface area contributed by atoms with Crippen molar-refractivity contribution in [3.8, 4) is 11.5 Å². The normalized spacial score (nSPS) is 11.6. The van der Waals surface area contributed by atoms with Gasteiger partial charge >= 0.3 is 0 Å². The Morgan fingerprint density at radius 2 is 1.83 bits per heavy atom. The first-order valence-corrected chi connectivity index (χ1v) is 9.39. The smallest absolute Gasteiger partial charge is 0.251 e. The summed E-state index contributed by atoms with van der Waals surface area (Å²) in [6, 6.07) is 18.8. The van der Waals surface area contributed by atoms with E-state index in [9.17, 15) is 9.18 Å². The van der Waals surface area contributed by atoms with Crippen molar-refractivity contribution in [2.75, 3.05) is 7.11 Å². The third-order valence-corrected chi connectivity index (χ3v) is 4.64. The molecule has 0 saturated heterocycles. The highest BCUT2D eigenvalue weighted by Crippen LogP contribution is 2.23. The second kappa shape index (κ2) is 9.24. The molecule has 0 aliphatic rings. The molecule has 0 fully saturated rings. The fourth-order valence-corrected chi connectivity index (χ4v) is 3.01. The van der Waals surface area contributed by atoms with E-state index < -0.39 is 0 Å². The lowest BCUT2D eigenvalue weighted by molar-refractivity contribution is 0.0939. The molecule has 0 aliphatic carbocycles. The number of halogens is 1. The van der Waals surface area contributed by atoms with Crippen LogP contribution in [0.1, 0.15) is 40.0 Å². The molecule has 0 saturated carbocycles. The van der Waals surface area contributed by atoms with Crippen LogP contribution in [0.2, 0.25) is 0 Å². The molecular weight excluding hydrogens is 369 g/mol. The molecule has 3 aromatic rings. The molecule has 4 nitrogen and oxygen atoms in total. The van der Waals surface area contributed by atoms with E-state index in [4.69, 9.17) is 9.47 Å². The number of methoxy groups -OCH3 is 1. The molecule has 29 heavy (non-hydrogen) atoms. The predicted molar refractivity (Wildman–Crippen MR) is 111 cm³/mol. The van der Waals surface area contributed by atoms with Crippen molar-refractivity contribution in [2.45, 2.75) is 26.5 Å². The molecule has 0 bridgehead atoms. The summed E-state index contributed by atoms with van der Waals surface area (Å²) >= 11 is 0. The van der Waals surface area contributed by atoms with E-state index in [1.807, 2.05) is 38.1 Å². The van der Waals surface area contributed by atoms with Crippen LogP contribution in [-0.2, 0) is 6.61 Å². The van der Waals surface area contributed by atoms with E-state index in [1.165, 1.54) is 12.1 Å². The van der Waals surface area contributed by atoms with E-state index in [-0.39, 0.29) is 24.4 Å². The van der Waals surface area contributed by atoms with Gasteiger partial charge in [0.05, 0.1) is 13.2 Å². The maximum absolute atomic E-state index is 13.1. The number of aryl methyl sites for hydroxylation is 1. The molecule has 0 aliphatic heterocycles. The number of hydrogen-bond donors (Lipinski definition) is 1. The van der Waals surface area contributed by atoms with Crippen molar-refractivity contribution < 1.29 is 18.7 Å². The molecule has 0 heterocycles. The van der Waals surface area contributed by atoms with Crippen molar-refractivity contribution in [3.63, 3.8) is 0 Å². The van der Waals surface area contributed by atoms with Crippen molar-refractivity contribution in [2.24, 2.45) is 0 Å². The van der Waals surface area contributed by atoms with E-state index in [0.29, 0.717) is 11.3 Å². The number of rotatable bonds is 7. The standard InChI is InChI=1S/C24H24FNO3/c1-16-5-4-6-22(13-16)29-15-20-14-19(9-12-23(20)28-3)24(27)26-17(2)18-7-10-21(25)11-8-18/h4-14,17H,15H2,1-3H3,(H,26,27). The van der Waals surface area contributed by atoms with Gasteiger partial charge in [-0.3, -0.25) is 4.79 Å². The summed E-state index contributed by atoms with van der Waals surface area (Å²) < 4.78 is 24.4. The zero-order valence-electron chi connectivity index (χ0n) is 16.7. The third-order valence-electron chi connectivity index (χ3n) is 4.64. The van der Waals surface area contributed by atoms with Crippen molar-refractivity contribution >= 4 is 5.91 Å². The summed E-state index contributed by atoms with van der Waals surface area (Å²) in [4.78, 5) is 12.7. The molecule has 5 heteroatoms. The molecule has 1 unspecified atom stereocenters. The summed E-state index contributed by atoms with van der Waals surface area (Å²) in [5, 5.41) is 2.93. The average Bonchev–Trinajstić information content (AvgIpc) is 2.72. The summed E-state index contributed by atoms with van der Waals surface area (Å²) in [5.41, 5.74) is 3.22. The fraction of sp³-hybridized carbons (Fsp3) is 0.208. The second-order valence-electron chi connectivity index (χ2n) is 6.88. The Labute approximate surface area is 170 Å². The minimum absolute atomic E-state index is 0.221. The largest absolute Gasteiger partial charge is 0.496 e. The first-order valence-electron chi connectivity index (χ1n) is 9.39. The average molecular weight is 393 g/mol. The Bertz CT molecular complexity index is 986. The third kappa shape index (κ3) is 5.35. The van der Waals surface area contributed by atoms with Gasteiger partial charge in [0.25, 0.3) is 5.91 Å². The molecule has 0 aromatic heterocycles. The van der Waals surface area contributed by atoms with Crippen molar-refractivity contribution in [3.05, 3.63) is 94.8 Å². The maximum Gasteiger partial charge on any atom is 0.251 e. The van der Waals surface area contributed by atoms with Crippen LogP contribution in [0.15, 0.2) is 66.7 Å². The fourth-order valence-electron chi connectivity index (χ4n) is 3.01. The highest BCUT2D eigenvalue weighted by molar-refractivity contribution is 5.94. The lowest BCUT2D eigenvalue weighted by Gasteiger charge is -2.16. The maximum atomic E-state index is 13.1. The van der Waals surface area contributed by atoms with Crippen LogP contribution >= 0.6 is 0 Å². The first-order chi connectivity index (χ1) is 14.0. The van der Waals surface area contributed by atoms with Crippen LogP contribution in [0.5, 0.6) is 11.5 Å². The quantitative estimate of drug-likeness (QED) is 0.599. The molecule has 3 rings (SSSR count). The van der Waals surface area contributed by atoms with E-state index in [1.54, 1.807) is 37.4 Å². The van der Waals surface area contributed by atoms with Crippen molar-refractivity contribution in [1.82, 2.24) is 5.32 Å². The monoisotopic (exact) mass is 393 g/mol. The highest BCUT2D eigenvalue weighted by Gasteiger charge is 2.14. The SMILES string of the molecule is COc1ccc(C(=O)NC(C)c2ccc(F)cc2)cc1COc1cccc(C)c1. The Morgan fingerprint density at radius 1 is 1.07 bits per heavy atom. The number of amides is 1. The van der Waals surface area contributed by atoms with Crippen LogP contribution < -0.4 is 14.8 Å². The Hall–Kier alpha value is -3.34. The topological polar surface area (TPSA) is 47.6 Å². The predicted octanol–water partition coefficient (Wildman–Crippen LogP) is 5.21. The molecule has 3 aromatic carbocycles. The second-order valence-corrected chi connectivity index (χ2v) is 6.88. The Morgan fingerprint density at radius 3 is 2.52 bits per heavy atom. The summed E-state index contributed by atoms with van der Waals surface area (Å²) in [7, 11) is 1.59. The first kappa shape index (κ1) is 20.4. The number of carbonyl (C=O) groups excluding carboxylic acids is 1. The van der Waals surface area contributed by atoms with Gasteiger partial charge in [0, 0.05) is 11.1 Å². The zero-order chi connectivity index (χ0) is 20.8. The molecule has 0 radical (unpaired) electrons. The number of nitrogens with one attached hydrogen (secondary N) is 1. The molecule has 1 atom stereocenters. The van der Waals surface area contributed by atoms with E-state index in [2.05, 4.69) is 5.32 Å². The minimum atomic E-state index is -0.305. The van der Waals surface area contributed by atoms with Crippen LogP contribution in [-0.4, -0.2) is 13.0 Å². The van der Waals surface area contributed by atoms with Crippen LogP contribution in [0, 0.1) is 12.7 Å². The number of ether oxygens (including phenoxy) is 2. The minimum Gasteiger partial charge on any atom is -0.496 e. The lowest BCUT2D eigenvalue weighted by Crippen LogP contribution is -2.26. The Balaban J connectivity index is 1.72. The van der Waals surface area contributed by atoms with E-state index >= 15 is 0 Å².